The van der Waals surface area contributed by atoms with Gasteiger partial charge in [0.05, 0.1) is 5.56 Å². The van der Waals surface area contributed by atoms with Gasteiger partial charge in [-0.3, -0.25) is 4.79 Å². The van der Waals surface area contributed by atoms with Crippen LogP contribution in [0.5, 0.6) is 0 Å². The molecule has 1 N–H and O–H groups in total. The summed E-state index contributed by atoms with van der Waals surface area (Å²) in [6.07, 6.45) is 3.91. The molecule has 0 radical (unpaired) electrons. The molecule has 2 heterocycles. The minimum Gasteiger partial charge on any atom is -0.341 e. The third kappa shape index (κ3) is 1.86. The van der Waals surface area contributed by atoms with Gasteiger partial charge in [-0.2, -0.15) is 0 Å². The van der Waals surface area contributed by atoms with Crippen molar-refractivity contribution < 1.29 is 9.36 Å². The summed E-state index contributed by atoms with van der Waals surface area (Å²) in [5, 5.41) is 0. The van der Waals surface area contributed by atoms with E-state index in [0.717, 1.165) is 17.1 Å². The number of pyridine rings is 1. The Bertz CT molecular complexity index is 543. The summed E-state index contributed by atoms with van der Waals surface area (Å²) in [5.74, 6) is 0.721. The average Bonchev–Trinajstić information content (AvgIpc) is 2.60. The van der Waals surface area contributed by atoms with Gasteiger partial charge >= 0.3 is 0 Å². The fraction of sp³-hybridized carbons (Fsp3) is 0.250. The number of aromatic amines is 1. The summed E-state index contributed by atoms with van der Waals surface area (Å²) >= 11 is 0. The van der Waals surface area contributed by atoms with Crippen LogP contribution in [0.15, 0.2) is 24.5 Å². The lowest BCUT2D eigenvalue weighted by Gasteiger charge is -1.93. The van der Waals surface area contributed by atoms with Crippen molar-refractivity contribution in [3.05, 3.63) is 35.9 Å². The van der Waals surface area contributed by atoms with Gasteiger partial charge in [0.15, 0.2) is 18.2 Å². The first-order chi connectivity index (χ1) is 7.58. The highest BCUT2D eigenvalue weighted by molar-refractivity contribution is 5.93. The van der Waals surface area contributed by atoms with Crippen LogP contribution in [0.1, 0.15) is 23.1 Å². The van der Waals surface area contributed by atoms with E-state index >= 15 is 0 Å². The van der Waals surface area contributed by atoms with Crippen molar-refractivity contribution in [1.29, 1.82) is 0 Å². The van der Waals surface area contributed by atoms with Crippen LogP contribution in [0.3, 0.4) is 0 Å². The summed E-state index contributed by atoms with van der Waals surface area (Å²) in [5.41, 5.74) is 2.30. The van der Waals surface area contributed by atoms with Gasteiger partial charge in [0, 0.05) is 18.7 Å². The van der Waals surface area contributed by atoms with Gasteiger partial charge in [-0.1, -0.05) is 0 Å². The number of rotatable bonds is 2. The first-order valence-corrected chi connectivity index (χ1v) is 5.11. The van der Waals surface area contributed by atoms with Crippen LogP contribution in [0.4, 0.5) is 0 Å². The van der Waals surface area contributed by atoms with Crippen molar-refractivity contribution in [1.82, 2.24) is 9.97 Å². The second-order valence-electron chi connectivity index (χ2n) is 3.87. The van der Waals surface area contributed by atoms with Gasteiger partial charge in [0.1, 0.15) is 18.6 Å². The average molecular weight is 216 g/mol. The maximum absolute atomic E-state index is 11.3. The Morgan fingerprint density at radius 2 is 2.25 bits per heavy atom. The van der Waals surface area contributed by atoms with Crippen molar-refractivity contribution in [3.63, 3.8) is 0 Å². The summed E-state index contributed by atoms with van der Waals surface area (Å²) in [7, 11) is 1.95. The van der Waals surface area contributed by atoms with Crippen LogP contribution in [-0.4, -0.2) is 15.8 Å². The summed E-state index contributed by atoms with van der Waals surface area (Å²) in [6.45, 7) is 3.38. The molecule has 0 aliphatic carbocycles. The molecule has 0 aliphatic heterocycles. The summed E-state index contributed by atoms with van der Waals surface area (Å²) in [6, 6.07) is 3.91. The Morgan fingerprint density at radius 1 is 1.50 bits per heavy atom. The lowest BCUT2D eigenvalue weighted by Crippen LogP contribution is -2.26. The number of H-pyrrole nitrogens is 1. The number of carbonyl (C=O) groups is 1. The molecule has 2 aromatic heterocycles. The monoisotopic (exact) mass is 216 g/mol. The molecule has 0 saturated heterocycles. The predicted molar refractivity (Wildman–Crippen MR) is 59.9 cm³/mol. The van der Waals surface area contributed by atoms with E-state index in [1.54, 1.807) is 0 Å². The standard InChI is InChI=1S/C12H13N3O/c1-8-11(9(2)16)14-12(13-8)10-5-4-6-15(3)7-10/h4-7H,1-3H3/p+1. The Balaban J connectivity index is 2.49. The van der Waals surface area contributed by atoms with E-state index < -0.39 is 0 Å². The van der Waals surface area contributed by atoms with E-state index in [2.05, 4.69) is 9.97 Å². The molecule has 4 nitrogen and oxygen atoms in total. The van der Waals surface area contributed by atoms with Crippen molar-refractivity contribution in [2.75, 3.05) is 0 Å². The molecule has 0 aromatic carbocycles. The number of hydrogen-bond acceptors (Lipinski definition) is 2. The zero-order valence-corrected chi connectivity index (χ0v) is 9.61. The highest BCUT2D eigenvalue weighted by Crippen LogP contribution is 2.16. The second kappa shape index (κ2) is 3.89. The van der Waals surface area contributed by atoms with Crippen molar-refractivity contribution in [2.45, 2.75) is 13.8 Å². The van der Waals surface area contributed by atoms with Crippen LogP contribution in [0.2, 0.25) is 0 Å². The number of Topliss-reactive ketones (excluding diaryl/α,β-unsaturated/α-hetero) is 1. The second-order valence-corrected chi connectivity index (χ2v) is 3.87. The number of nitrogens with zero attached hydrogens (tertiary/aromatic N) is 2. The van der Waals surface area contributed by atoms with Gasteiger partial charge in [0.2, 0.25) is 0 Å². The maximum atomic E-state index is 11.3. The minimum atomic E-state index is -0.0136. The SMILES string of the molecule is CC(=O)c1nc(-c2ccc[n+](C)c2)[nH]c1C. The summed E-state index contributed by atoms with van der Waals surface area (Å²) < 4.78 is 1.95. The van der Waals surface area contributed by atoms with E-state index in [4.69, 9.17) is 0 Å². The molecular formula is C12H14N3O+. The Hall–Kier alpha value is -1.97. The van der Waals surface area contributed by atoms with E-state index in [0.29, 0.717) is 5.69 Å². The maximum Gasteiger partial charge on any atom is 0.179 e. The molecule has 16 heavy (non-hydrogen) atoms. The lowest BCUT2D eigenvalue weighted by atomic mass is 10.2. The Morgan fingerprint density at radius 3 is 2.81 bits per heavy atom. The molecule has 0 saturated carbocycles. The van der Waals surface area contributed by atoms with E-state index in [9.17, 15) is 4.79 Å². The Labute approximate surface area is 94.0 Å². The third-order valence-corrected chi connectivity index (χ3v) is 2.43. The molecule has 0 unspecified atom stereocenters. The zero-order chi connectivity index (χ0) is 11.7. The number of carbonyl (C=O) groups excluding carboxylic acids is 1. The number of aromatic nitrogens is 3. The molecule has 2 rings (SSSR count). The van der Waals surface area contributed by atoms with Gasteiger partial charge in [-0.05, 0) is 13.0 Å². The predicted octanol–water partition coefficient (Wildman–Crippen LogP) is 1.41. The quantitative estimate of drug-likeness (QED) is 0.609. The molecule has 82 valence electrons. The van der Waals surface area contributed by atoms with Crippen LogP contribution in [0.25, 0.3) is 11.4 Å². The molecule has 0 spiro atoms. The smallest absolute Gasteiger partial charge is 0.179 e. The van der Waals surface area contributed by atoms with Gasteiger partial charge in [-0.25, -0.2) is 9.55 Å². The highest BCUT2D eigenvalue weighted by atomic mass is 16.1. The molecule has 2 aromatic rings. The van der Waals surface area contributed by atoms with Gasteiger partial charge < -0.3 is 4.98 Å². The number of imidazole rings is 1. The lowest BCUT2D eigenvalue weighted by molar-refractivity contribution is -0.671. The fourth-order valence-electron chi connectivity index (χ4n) is 1.67. The van der Waals surface area contributed by atoms with E-state index in [1.807, 2.05) is 43.1 Å². The number of ketones is 1. The minimum absolute atomic E-state index is 0.0136. The topological polar surface area (TPSA) is 49.6 Å². The molecule has 0 atom stereocenters. The number of aryl methyl sites for hydroxylation is 2. The summed E-state index contributed by atoms with van der Waals surface area (Å²) in [4.78, 5) is 18.7. The van der Waals surface area contributed by atoms with Crippen LogP contribution >= 0.6 is 0 Å². The number of nitrogens with one attached hydrogen (secondary N) is 1. The third-order valence-electron chi connectivity index (χ3n) is 2.43. The van der Waals surface area contributed by atoms with Crippen LogP contribution < -0.4 is 4.57 Å². The van der Waals surface area contributed by atoms with E-state index in [1.165, 1.54) is 6.92 Å². The van der Waals surface area contributed by atoms with Crippen LogP contribution in [-0.2, 0) is 7.05 Å². The van der Waals surface area contributed by atoms with Crippen molar-refractivity contribution in [3.8, 4) is 11.4 Å². The zero-order valence-electron chi connectivity index (χ0n) is 9.61. The molecule has 0 amide bonds. The van der Waals surface area contributed by atoms with Gasteiger partial charge in [-0.15, -0.1) is 0 Å². The normalized spacial score (nSPS) is 10.4. The molecule has 0 aliphatic rings. The molecular weight excluding hydrogens is 202 g/mol. The first-order valence-electron chi connectivity index (χ1n) is 5.11. The highest BCUT2D eigenvalue weighted by Gasteiger charge is 2.13. The molecule has 0 bridgehead atoms. The number of hydrogen-bond donors (Lipinski definition) is 1. The first kappa shape index (κ1) is 10.5. The van der Waals surface area contributed by atoms with Crippen LogP contribution in [0, 0.1) is 6.92 Å². The molecule has 4 heteroatoms. The van der Waals surface area contributed by atoms with Crippen molar-refractivity contribution >= 4 is 5.78 Å². The largest absolute Gasteiger partial charge is 0.341 e. The van der Waals surface area contributed by atoms with Gasteiger partial charge in [0.25, 0.3) is 0 Å². The van der Waals surface area contributed by atoms with E-state index in [-0.39, 0.29) is 5.78 Å². The van der Waals surface area contributed by atoms with Crippen molar-refractivity contribution in [2.24, 2.45) is 7.05 Å². The fourth-order valence-corrected chi connectivity index (χ4v) is 1.67. The Kier molecular flexibility index (Phi) is 2.56. The molecule has 0 fully saturated rings.